The summed E-state index contributed by atoms with van der Waals surface area (Å²) in [6.07, 6.45) is 0. The minimum Gasteiger partial charge on any atom is -0.306 e. The quantitative estimate of drug-likeness (QED) is 0.161. The zero-order valence-electron chi connectivity index (χ0n) is 46.5. The zero-order valence-corrected chi connectivity index (χ0v) is 47.3. The van der Waals surface area contributed by atoms with Gasteiger partial charge in [0, 0.05) is 58.6 Å². The van der Waals surface area contributed by atoms with Crippen LogP contribution in [0, 0.1) is 22.7 Å². The molecular weight excluding hydrogens is 1080 g/mol. The van der Waals surface area contributed by atoms with Crippen LogP contribution in [0.3, 0.4) is 0 Å². The van der Waals surface area contributed by atoms with Gasteiger partial charge in [0.2, 0.25) is 0 Å². The Hall–Kier alpha value is -11.7. The van der Waals surface area contributed by atoms with Gasteiger partial charge in [0.05, 0.1) is 71.6 Å². The maximum atomic E-state index is 13.1. The summed E-state index contributed by atoms with van der Waals surface area (Å²) in [4.78, 5) is 0. The van der Waals surface area contributed by atoms with Crippen LogP contribution in [0.4, 0.5) is 0 Å². The van der Waals surface area contributed by atoms with Gasteiger partial charge in [-0.15, -0.1) is 11.3 Å². The molecule has 0 aliphatic carbocycles. The lowest BCUT2D eigenvalue weighted by molar-refractivity contribution is 1.03. The molecule has 0 aliphatic heterocycles. The average molecular weight is 1120 g/mol. The van der Waals surface area contributed by atoms with Crippen LogP contribution in [0.1, 0.15) is 11.1 Å². The molecule has 0 saturated carbocycles. The highest BCUT2D eigenvalue weighted by atomic mass is 32.1. The molecule has 7 heteroatoms. The number of nitrogens with zero attached hydrogens (tertiary/aromatic N) is 6. The number of hydrogen-bond donors (Lipinski definition) is 0. The maximum absolute atomic E-state index is 13.1. The molecule has 0 amide bonds. The first-order valence-electron chi connectivity index (χ1n) is 29.4. The smallest absolute Gasteiger partial charge is 0.104 e. The van der Waals surface area contributed by atoms with Crippen molar-refractivity contribution in [3.63, 3.8) is 0 Å². The van der Waals surface area contributed by atoms with Gasteiger partial charge in [0.15, 0.2) is 0 Å². The maximum Gasteiger partial charge on any atom is 0.104 e. The van der Waals surface area contributed by atoms with E-state index < -0.39 is 0 Å². The molecule has 0 aliphatic rings. The molecule has 5 heterocycles. The molecule has 0 unspecified atom stereocenters. The molecule has 400 valence electrons. The highest BCUT2D eigenvalue weighted by Crippen LogP contribution is 2.52. The Kier molecular flexibility index (Phi) is 9.81. The first-order chi connectivity index (χ1) is 43.2. The summed E-state index contributed by atoms with van der Waals surface area (Å²) in [5.74, 6) is 0. The van der Waals surface area contributed by atoms with Crippen molar-refractivity contribution in [1.29, 1.82) is 10.5 Å². The van der Waals surface area contributed by atoms with Crippen LogP contribution in [-0.4, -0.2) is 18.3 Å². The van der Waals surface area contributed by atoms with Crippen LogP contribution in [0.15, 0.2) is 267 Å². The van der Waals surface area contributed by atoms with E-state index >= 15 is 0 Å². The Morgan fingerprint density at radius 1 is 0.264 bits per heavy atom. The van der Waals surface area contributed by atoms with Gasteiger partial charge in [-0.2, -0.15) is 10.5 Å². The van der Waals surface area contributed by atoms with E-state index in [0.29, 0.717) is 33.9 Å². The van der Waals surface area contributed by atoms with Crippen molar-refractivity contribution in [2.24, 2.45) is 0 Å². The molecule has 0 atom stereocenters. The molecule has 6 nitrogen and oxygen atoms in total. The number of thiophene rings is 1. The normalized spacial score (nSPS) is 12.1. The van der Waals surface area contributed by atoms with Gasteiger partial charge >= 0.3 is 0 Å². The Balaban J connectivity index is 1.09. The molecule has 0 fully saturated rings. The predicted octanol–water partition coefficient (Wildman–Crippen LogP) is 21.3. The summed E-state index contributed by atoms with van der Waals surface area (Å²) in [6, 6.07) is 101. The summed E-state index contributed by atoms with van der Waals surface area (Å²) >= 11 is 1.78. The summed E-state index contributed by atoms with van der Waals surface area (Å²) in [7, 11) is 0. The van der Waals surface area contributed by atoms with Gasteiger partial charge in [-0.1, -0.05) is 218 Å². The molecule has 0 radical (unpaired) electrons. The lowest BCUT2D eigenvalue weighted by Crippen LogP contribution is -2.16. The van der Waals surface area contributed by atoms with E-state index in [1.165, 1.54) is 42.4 Å². The summed E-state index contributed by atoms with van der Waals surface area (Å²) in [6.45, 7) is 0. The predicted molar refractivity (Wildman–Crippen MR) is 364 cm³/mol. The van der Waals surface area contributed by atoms with Gasteiger partial charge < -0.3 is 18.3 Å². The van der Waals surface area contributed by atoms with E-state index in [1.54, 1.807) is 11.3 Å². The van der Waals surface area contributed by atoms with Crippen molar-refractivity contribution >= 4 is 151 Å². The number of hydrogen-bond acceptors (Lipinski definition) is 3. The van der Waals surface area contributed by atoms with Crippen molar-refractivity contribution in [1.82, 2.24) is 18.3 Å². The fraction of sp³-hybridized carbons (Fsp3) is 0. The van der Waals surface area contributed by atoms with Crippen molar-refractivity contribution < 1.29 is 0 Å². The van der Waals surface area contributed by atoms with E-state index in [0.717, 1.165) is 108 Å². The molecule has 14 aromatic carbocycles. The van der Waals surface area contributed by atoms with Crippen molar-refractivity contribution in [3.8, 4) is 46.0 Å². The molecule has 0 saturated heterocycles. The third-order valence-electron chi connectivity index (χ3n) is 18.6. The largest absolute Gasteiger partial charge is 0.306 e. The monoisotopic (exact) mass is 1120 g/mol. The number of fused-ring (bicyclic) bond motifs is 22. The molecule has 87 heavy (non-hydrogen) atoms. The van der Waals surface area contributed by atoms with E-state index in [1.807, 2.05) is 0 Å². The second-order valence-electron chi connectivity index (χ2n) is 22.8. The first-order valence-corrected chi connectivity index (χ1v) is 30.2. The lowest BCUT2D eigenvalue weighted by atomic mass is 9.89. The van der Waals surface area contributed by atoms with E-state index in [4.69, 9.17) is 0 Å². The van der Waals surface area contributed by atoms with Gasteiger partial charge in [-0.3, -0.25) is 0 Å². The van der Waals surface area contributed by atoms with Crippen molar-refractivity contribution in [3.05, 3.63) is 278 Å². The fourth-order valence-corrected chi connectivity index (χ4v) is 16.4. The van der Waals surface area contributed by atoms with Gasteiger partial charge in [-0.25, -0.2) is 0 Å². The second kappa shape index (κ2) is 17.9. The number of nitriles is 2. The first kappa shape index (κ1) is 47.7. The molecular formula is C80H44N6S. The molecule has 5 aromatic heterocycles. The van der Waals surface area contributed by atoms with Gasteiger partial charge in [0.1, 0.15) is 23.3 Å². The number of para-hydroxylation sites is 6. The molecule has 0 bridgehead atoms. The van der Waals surface area contributed by atoms with E-state index in [-0.39, 0.29) is 0 Å². The third kappa shape index (κ3) is 6.34. The molecule has 19 aromatic rings. The van der Waals surface area contributed by atoms with Crippen LogP contribution in [-0.2, 0) is 0 Å². The third-order valence-corrected chi connectivity index (χ3v) is 19.8. The number of rotatable bonds is 5. The summed E-state index contributed by atoms with van der Waals surface area (Å²) in [5.41, 5.74) is 12.8. The van der Waals surface area contributed by atoms with Gasteiger partial charge in [0.25, 0.3) is 0 Å². The lowest BCUT2D eigenvalue weighted by Gasteiger charge is -2.27. The van der Waals surface area contributed by atoms with Gasteiger partial charge in [-0.05, 0) is 92.0 Å². The molecule has 0 N–H and O–H groups in total. The highest BCUT2D eigenvalue weighted by Gasteiger charge is 2.35. The minimum absolute atomic E-state index is 0.416. The van der Waals surface area contributed by atoms with Crippen LogP contribution in [0.25, 0.3) is 174 Å². The van der Waals surface area contributed by atoms with Crippen LogP contribution in [0.2, 0.25) is 0 Å². The minimum atomic E-state index is 0.416. The Morgan fingerprint density at radius 2 is 0.598 bits per heavy atom. The highest BCUT2D eigenvalue weighted by molar-refractivity contribution is 7.26. The van der Waals surface area contributed by atoms with Crippen molar-refractivity contribution in [2.45, 2.75) is 0 Å². The Morgan fingerprint density at radius 3 is 1.05 bits per heavy atom. The molecule has 0 spiro atoms. The van der Waals surface area contributed by atoms with Crippen LogP contribution in [0.5, 0.6) is 0 Å². The van der Waals surface area contributed by atoms with Crippen LogP contribution < -0.4 is 0 Å². The number of aromatic nitrogens is 4. The SMILES string of the molecule is N#Cc1c(-n2c3ccccc3c3ccccc32)c(-n2c3ccccc3c3ccccc32)c(C#N)c(-n2c3cc(-c4cccc5c6ccccc6c6ccccc6c45)ccc3c3ccc4c5ccccc5sc4c32)c1-n1c2ccccc2c2ccccc21. The van der Waals surface area contributed by atoms with E-state index in [9.17, 15) is 10.5 Å². The van der Waals surface area contributed by atoms with E-state index in [2.05, 4.69) is 297 Å². The fourth-order valence-electron chi connectivity index (χ4n) is 15.1. The second-order valence-corrected chi connectivity index (χ2v) is 23.9. The van der Waals surface area contributed by atoms with Crippen molar-refractivity contribution in [2.75, 3.05) is 0 Å². The standard InChI is InChI=1S/C80H44N6S/c81-45-64-75(83-66-33-12-5-23-52(66)53-24-6-13-34-67(53)83)76(84-68-35-14-7-25-54(68)55-26-8-15-36-69(55)84)65(46-82)78(77(64)85-70-37-16-9-27-56(70)57-28-10-17-38-71(57)85)86-72-44-47(40-41-58(72)62-42-43-63-59-29-11-18-39-73(59)87-80(63)79(62)86)48-31-19-32-61-51-21-2-1-20-49(51)50-22-3-4-30-60(50)74(48)61/h1-44H. The summed E-state index contributed by atoms with van der Waals surface area (Å²) < 4.78 is 11.5. The zero-order chi connectivity index (χ0) is 57.2. The topological polar surface area (TPSA) is 67.3 Å². The average Bonchev–Trinajstić information content (AvgIpc) is 1.65. The number of benzene rings is 14. The Labute approximate surface area is 500 Å². The van der Waals surface area contributed by atoms with Crippen LogP contribution >= 0.6 is 11.3 Å². The summed E-state index contributed by atoms with van der Waals surface area (Å²) in [5, 5.41) is 43.9. The Bertz CT molecular complexity index is 6160. The molecule has 19 rings (SSSR count).